The van der Waals surface area contributed by atoms with E-state index in [0.717, 1.165) is 45.3 Å². The van der Waals surface area contributed by atoms with Crippen LogP contribution in [0.2, 0.25) is 0 Å². The monoisotopic (exact) mass is 825 g/mol. The van der Waals surface area contributed by atoms with E-state index in [2.05, 4.69) is 15.2 Å². The van der Waals surface area contributed by atoms with E-state index < -0.39 is 60.3 Å². The van der Waals surface area contributed by atoms with E-state index in [0.29, 0.717) is 57.1 Å². The van der Waals surface area contributed by atoms with Crippen LogP contribution in [0.25, 0.3) is 10.9 Å². The number of anilines is 1. The highest BCUT2D eigenvalue weighted by Gasteiger charge is 2.47. The van der Waals surface area contributed by atoms with Gasteiger partial charge in [0.2, 0.25) is 17.7 Å². The molecule has 312 valence electrons. The van der Waals surface area contributed by atoms with E-state index in [4.69, 9.17) is 0 Å². The number of carbonyl (C=O) groups excluding carboxylic acids is 5. The fraction of sp³-hybridized carbons (Fsp3) is 0.432. The molecule has 1 aromatic heterocycles. The fourth-order valence-corrected chi connectivity index (χ4v) is 10.5. The molecule has 0 aliphatic carbocycles. The Morgan fingerprint density at radius 3 is 2.17 bits per heavy atom. The summed E-state index contributed by atoms with van der Waals surface area (Å²) in [6.07, 6.45) is -0.644. The number of rotatable bonds is 7. The quantitative estimate of drug-likeness (QED) is 0.199. The van der Waals surface area contributed by atoms with Crippen LogP contribution in [0, 0.1) is 17.6 Å². The molecule has 7 heterocycles. The van der Waals surface area contributed by atoms with Gasteiger partial charge in [0, 0.05) is 85.6 Å². The molecular formula is C44H43F4N7O5. The minimum absolute atomic E-state index is 0.00653. The van der Waals surface area contributed by atoms with Crippen molar-refractivity contribution in [2.75, 3.05) is 37.6 Å². The number of carbonyl (C=O) groups is 5. The zero-order chi connectivity index (χ0) is 41.7. The van der Waals surface area contributed by atoms with Crippen LogP contribution in [0.1, 0.15) is 87.3 Å². The van der Waals surface area contributed by atoms with Crippen LogP contribution in [-0.2, 0) is 33.9 Å². The summed E-state index contributed by atoms with van der Waals surface area (Å²) in [7, 11) is 0. The first kappa shape index (κ1) is 38.6. The fourth-order valence-electron chi connectivity index (χ4n) is 10.5. The first-order valence-electron chi connectivity index (χ1n) is 20.6. The van der Waals surface area contributed by atoms with Gasteiger partial charge in [-0.05, 0) is 79.6 Å². The van der Waals surface area contributed by atoms with Gasteiger partial charge in [-0.2, -0.15) is 0 Å². The third kappa shape index (κ3) is 6.28. The Morgan fingerprint density at radius 1 is 0.883 bits per heavy atom. The zero-order valence-electron chi connectivity index (χ0n) is 32.9. The lowest BCUT2D eigenvalue weighted by Crippen LogP contribution is -2.59. The molecule has 3 fully saturated rings. The van der Waals surface area contributed by atoms with Gasteiger partial charge < -0.3 is 14.8 Å². The molecule has 10 rings (SSSR count). The first-order chi connectivity index (χ1) is 28.8. The molecular weight excluding hydrogens is 783 g/mol. The van der Waals surface area contributed by atoms with Crippen molar-refractivity contribution in [3.05, 3.63) is 99.2 Å². The van der Waals surface area contributed by atoms with Gasteiger partial charge >= 0.3 is 0 Å². The van der Waals surface area contributed by atoms with E-state index in [1.165, 1.54) is 17.0 Å². The number of para-hydroxylation sites is 1. The van der Waals surface area contributed by atoms with Crippen molar-refractivity contribution >= 4 is 46.1 Å². The maximum atomic E-state index is 16.3. The second-order valence-corrected chi connectivity index (χ2v) is 17.1. The molecule has 2 N–H and O–H groups in total. The smallest absolute Gasteiger partial charge is 0.262 e. The number of nitrogens with zero attached hydrogens (tertiary/aromatic N) is 5. The number of fused-ring (bicyclic) bond motifs is 5. The van der Waals surface area contributed by atoms with Crippen LogP contribution >= 0.6 is 0 Å². The molecule has 4 aromatic rings. The van der Waals surface area contributed by atoms with E-state index in [1.807, 2.05) is 36.1 Å². The Morgan fingerprint density at radius 2 is 1.53 bits per heavy atom. The standard InChI is InChI=1S/C44H43F4N7O5/c1-22-12-29-28-4-2-3-5-34(28)49-39(29)40(54(22)21-36(47)48)38-32(45)15-27(16-33(38)46)51-10-8-26(9-11-51)52-19-25(20-52)42(58)53-17-23-13-30-31(14-24(23)18-53)44(60)55(43(30)59)35-6-7-37(56)50-41(35)57/h2-5,13-16,22,25-26,35-36,40,49H,6-12,17-21H2,1H3,(H,50,56,57)/t22-,35?,40-/m1/s1. The van der Waals surface area contributed by atoms with Crippen LogP contribution < -0.4 is 10.2 Å². The minimum atomic E-state index is -2.69. The summed E-state index contributed by atoms with van der Waals surface area (Å²) in [5.41, 5.74) is 4.32. The molecule has 60 heavy (non-hydrogen) atoms. The molecule has 0 bridgehead atoms. The molecule has 6 aliphatic heterocycles. The van der Waals surface area contributed by atoms with E-state index in [9.17, 15) is 32.8 Å². The molecule has 5 amide bonds. The van der Waals surface area contributed by atoms with E-state index in [1.54, 1.807) is 17.0 Å². The van der Waals surface area contributed by atoms with Crippen LogP contribution in [0.15, 0.2) is 48.5 Å². The third-order valence-corrected chi connectivity index (χ3v) is 13.6. The lowest BCUT2D eigenvalue weighted by atomic mass is 9.88. The largest absolute Gasteiger partial charge is 0.371 e. The van der Waals surface area contributed by atoms with E-state index in [-0.39, 0.29) is 53.4 Å². The van der Waals surface area contributed by atoms with Gasteiger partial charge in [0.25, 0.3) is 18.2 Å². The van der Waals surface area contributed by atoms with Gasteiger partial charge in [-0.1, -0.05) is 18.2 Å². The van der Waals surface area contributed by atoms with Crippen molar-refractivity contribution in [3.8, 4) is 0 Å². The summed E-state index contributed by atoms with van der Waals surface area (Å²) in [6.45, 7) is 4.05. The Labute approximate surface area is 342 Å². The molecule has 3 aromatic carbocycles. The highest BCUT2D eigenvalue weighted by molar-refractivity contribution is 6.23. The lowest BCUT2D eigenvalue weighted by Gasteiger charge is -2.47. The van der Waals surface area contributed by atoms with Gasteiger partial charge in [0.1, 0.15) is 17.7 Å². The summed E-state index contributed by atoms with van der Waals surface area (Å²) >= 11 is 0. The Kier molecular flexibility index (Phi) is 9.35. The summed E-state index contributed by atoms with van der Waals surface area (Å²) in [5, 5.41) is 3.12. The number of imide groups is 2. The van der Waals surface area contributed by atoms with Gasteiger partial charge in [-0.3, -0.25) is 44.0 Å². The molecule has 0 radical (unpaired) electrons. The van der Waals surface area contributed by atoms with Gasteiger partial charge in [-0.25, -0.2) is 17.6 Å². The number of amides is 5. The zero-order valence-corrected chi connectivity index (χ0v) is 32.9. The number of hydrogen-bond acceptors (Lipinski definition) is 8. The Bertz CT molecular complexity index is 2430. The predicted molar refractivity (Wildman–Crippen MR) is 210 cm³/mol. The average molecular weight is 826 g/mol. The number of piperidine rings is 2. The van der Waals surface area contributed by atoms with Crippen molar-refractivity contribution in [1.29, 1.82) is 0 Å². The lowest BCUT2D eigenvalue weighted by molar-refractivity contribution is -0.143. The number of aromatic amines is 1. The molecule has 3 atom stereocenters. The van der Waals surface area contributed by atoms with Gasteiger partial charge in [0.15, 0.2) is 0 Å². The molecule has 16 heteroatoms. The molecule has 1 unspecified atom stereocenters. The summed E-state index contributed by atoms with van der Waals surface area (Å²) in [4.78, 5) is 76.0. The molecule has 12 nitrogen and oxygen atoms in total. The van der Waals surface area contributed by atoms with Crippen LogP contribution in [0.5, 0.6) is 0 Å². The number of aromatic nitrogens is 1. The highest BCUT2D eigenvalue weighted by atomic mass is 19.3. The van der Waals surface area contributed by atoms with Crippen molar-refractivity contribution in [3.63, 3.8) is 0 Å². The molecule has 6 aliphatic rings. The van der Waals surface area contributed by atoms with Crippen molar-refractivity contribution < 1.29 is 41.5 Å². The second-order valence-electron chi connectivity index (χ2n) is 17.1. The molecule has 0 spiro atoms. The number of benzene rings is 3. The highest BCUT2D eigenvalue weighted by Crippen LogP contribution is 2.44. The van der Waals surface area contributed by atoms with E-state index >= 15 is 8.78 Å². The normalized spacial score (nSPS) is 24.0. The maximum Gasteiger partial charge on any atom is 0.262 e. The Balaban J connectivity index is 0.765. The van der Waals surface area contributed by atoms with Crippen LogP contribution in [-0.4, -0.2) is 111 Å². The average Bonchev–Trinajstić information content (AvgIpc) is 3.86. The van der Waals surface area contributed by atoms with Gasteiger partial charge in [0.05, 0.1) is 29.6 Å². The van der Waals surface area contributed by atoms with Gasteiger partial charge in [-0.15, -0.1) is 0 Å². The van der Waals surface area contributed by atoms with Crippen LogP contribution in [0.3, 0.4) is 0 Å². The molecule has 3 saturated heterocycles. The third-order valence-electron chi connectivity index (χ3n) is 13.6. The number of H-pyrrole nitrogens is 1. The minimum Gasteiger partial charge on any atom is -0.371 e. The SMILES string of the molecule is C[C@@H]1Cc2c([nH]c3ccccc23)[C@@H](c2c(F)cc(N3CCC(N4CC(C(=O)N5Cc6cc7c(cc6C5)C(=O)N(C5CCC(=O)NC5=O)C7=O)C4)CC3)cc2F)N1CC(F)F. The van der Waals surface area contributed by atoms with Crippen molar-refractivity contribution in [2.45, 2.75) is 82.7 Å². The topological polar surface area (TPSA) is 129 Å². The predicted octanol–water partition coefficient (Wildman–Crippen LogP) is 4.89. The second kappa shape index (κ2) is 14.5. The number of halogens is 4. The van der Waals surface area contributed by atoms with Crippen molar-refractivity contribution in [1.82, 2.24) is 29.9 Å². The maximum absolute atomic E-state index is 16.3. The summed E-state index contributed by atoms with van der Waals surface area (Å²) < 4.78 is 60.3. The van der Waals surface area contributed by atoms with Crippen molar-refractivity contribution in [2.24, 2.45) is 5.92 Å². The summed E-state index contributed by atoms with van der Waals surface area (Å²) in [5.74, 6) is -4.04. The summed E-state index contributed by atoms with van der Waals surface area (Å²) in [6, 6.07) is 11.2. The number of likely N-dealkylation sites (tertiary alicyclic amines) is 1. The Hall–Kier alpha value is -5.61. The van der Waals surface area contributed by atoms with Crippen LogP contribution in [0.4, 0.5) is 23.2 Å². The number of alkyl halides is 2. The molecule has 0 saturated carbocycles. The number of nitrogens with one attached hydrogen (secondary N) is 2. The first-order valence-corrected chi connectivity index (χ1v) is 20.6. The number of hydrogen-bond donors (Lipinski definition) is 2.